The van der Waals surface area contributed by atoms with Gasteiger partial charge in [0.25, 0.3) is 0 Å². The first-order chi connectivity index (χ1) is 13.2. The van der Waals surface area contributed by atoms with E-state index in [9.17, 15) is 4.79 Å². The number of hydrogen-bond acceptors (Lipinski definition) is 4. The van der Waals surface area contributed by atoms with Gasteiger partial charge in [-0.05, 0) is 70.6 Å². The van der Waals surface area contributed by atoms with Crippen LogP contribution in [0.4, 0.5) is 0 Å². The van der Waals surface area contributed by atoms with Gasteiger partial charge in [0, 0.05) is 3.57 Å². The van der Waals surface area contributed by atoms with Crippen LogP contribution in [0, 0.1) is 3.57 Å². The van der Waals surface area contributed by atoms with Gasteiger partial charge in [0.05, 0.1) is 5.56 Å². The molecule has 0 saturated heterocycles. The van der Waals surface area contributed by atoms with Crippen LogP contribution in [0.2, 0.25) is 0 Å². The molecule has 4 nitrogen and oxygen atoms in total. The van der Waals surface area contributed by atoms with Gasteiger partial charge in [0.15, 0.2) is 5.70 Å². The van der Waals surface area contributed by atoms with Crippen molar-refractivity contribution in [3.05, 3.63) is 99.3 Å². The average molecular weight is 467 g/mol. The molecule has 3 aromatic carbocycles. The van der Waals surface area contributed by atoms with Crippen LogP contribution in [0.25, 0.3) is 6.08 Å². The Kier molecular flexibility index (Phi) is 5.02. The third-order valence-corrected chi connectivity index (χ3v) is 4.81. The van der Waals surface area contributed by atoms with E-state index in [1.807, 2.05) is 78.9 Å². The number of nitrogens with zero attached hydrogens (tertiary/aromatic N) is 1. The second-order valence-corrected chi connectivity index (χ2v) is 6.97. The maximum Gasteiger partial charge on any atom is 0.363 e. The summed E-state index contributed by atoms with van der Waals surface area (Å²) in [5.74, 6) is 1.30. The number of hydrogen-bond donors (Lipinski definition) is 0. The Morgan fingerprint density at radius 2 is 1.63 bits per heavy atom. The van der Waals surface area contributed by atoms with Gasteiger partial charge in [0.2, 0.25) is 5.90 Å². The fourth-order valence-corrected chi connectivity index (χ4v) is 3.23. The van der Waals surface area contributed by atoms with Crippen molar-refractivity contribution in [1.29, 1.82) is 0 Å². The van der Waals surface area contributed by atoms with Gasteiger partial charge in [-0.3, -0.25) is 0 Å². The molecule has 3 aromatic rings. The number of rotatable bonds is 4. The summed E-state index contributed by atoms with van der Waals surface area (Å²) >= 11 is 2.19. The van der Waals surface area contributed by atoms with Crippen molar-refractivity contribution < 1.29 is 14.3 Å². The second kappa shape index (κ2) is 7.75. The number of cyclic esters (lactones) is 1. The number of carbonyl (C=O) groups excluding carboxylic acids is 1. The highest BCUT2D eigenvalue weighted by Crippen LogP contribution is 2.25. The van der Waals surface area contributed by atoms with Gasteiger partial charge in [0.1, 0.15) is 11.5 Å². The summed E-state index contributed by atoms with van der Waals surface area (Å²) < 4.78 is 12.2. The van der Waals surface area contributed by atoms with Crippen LogP contribution < -0.4 is 4.74 Å². The van der Waals surface area contributed by atoms with Gasteiger partial charge >= 0.3 is 5.97 Å². The molecule has 1 aliphatic rings. The minimum absolute atomic E-state index is 0.265. The van der Waals surface area contributed by atoms with E-state index < -0.39 is 5.97 Å². The smallest absolute Gasteiger partial charge is 0.363 e. The Morgan fingerprint density at radius 1 is 0.889 bits per heavy atom. The molecule has 0 amide bonds. The molecule has 0 fully saturated rings. The topological polar surface area (TPSA) is 47.9 Å². The maximum atomic E-state index is 12.2. The normalized spacial score (nSPS) is 14.8. The largest absolute Gasteiger partial charge is 0.457 e. The van der Waals surface area contributed by atoms with Gasteiger partial charge in [-0.1, -0.05) is 42.5 Å². The van der Waals surface area contributed by atoms with Crippen LogP contribution in [0.5, 0.6) is 11.5 Å². The molecule has 0 unspecified atom stereocenters. The lowest BCUT2D eigenvalue weighted by atomic mass is 10.2. The molecule has 132 valence electrons. The van der Waals surface area contributed by atoms with Crippen molar-refractivity contribution in [1.82, 2.24) is 0 Å². The van der Waals surface area contributed by atoms with Gasteiger partial charge in [-0.15, -0.1) is 0 Å². The van der Waals surface area contributed by atoms with E-state index in [0.29, 0.717) is 11.6 Å². The third-order valence-electron chi connectivity index (χ3n) is 3.87. The van der Waals surface area contributed by atoms with Crippen LogP contribution in [-0.4, -0.2) is 11.9 Å². The lowest BCUT2D eigenvalue weighted by Gasteiger charge is -2.05. The molecule has 0 bridgehead atoms. The summed E-state index contributed by atoms with van der Waals surface area (Å²) in [6.07, 6.45) is 1.70. The number of aliphatic imine (C=N–C) groups is 1. The van der Waals surface area contributed by atoms with E-state index in [1.54, 1.807) is 6.08 Å². The maximum absolute atomic E-state index is 12.2. The molecule has 0 atom stereocenters. The van der Waals surface area contributed by atoms with Gasteiger partial charge in [-0.2, -0.15) is 0 Å². The SMILES string of the molecule is O=C1OC(c2ccccc2I)=NC1=Cc1cccc(Oc2ccccc2)c1. The first kappa shape index (κ1) is 17.5. The third kappa shape index (κ3) is 4.09. The highest BCUT2D eigenvalue weighted by atomic mass is 127. The van der Waals surface area contributed by atoms with E-state index in [1.165, 1.54) is 0 Å². The van der Waals surface area contributed by atoms with Crippen molar-refractivity contribution in [3.8, 4) is 11.5 Å². The molecule has 5 heteroatoms. The average Bonchev–Trinajstić information content (AvgIpc) is 3.03. The number of ether oxygens (including phenoxy) is 2. The monoisotopic (exact) mass is 467 g/mol. The van der Waals surface area contributed by atoms with Crippen LogP contribution >= 0.6 is 22.6 Å². The molecule has 0 N–H and O–H groups in total. The molecule has 1 aliphatic heterocycles. The van der Waals surface area contributed by atoms with Crippen molar-refractivity contribution in [2.24, 2.45) is 4.99 Å². The standard InChI is InChI=1S/C22H14INO3/c23-19-12-5-4-11-18(19)21-24-20(22(25)27-21)14-15-7-6-10-17(13-15)26-16-8-2-1-3-9-16/h1-14H. The van der Waals surface area contributed by atoms with E-state index in [-0.39, 0.29) is 5.70 Å². The molecule has 0 saturated carbocycles. The molecule has 0 spiro atoms. The highest BCUT2D eigenvalue weighted by molar-refractivity contribution is 14.1. The van der Waals surface area contributed by atoms with Gasteiger partial charge in [-0.25, -0.2) is 9.79 Å². The first-order valence-electron chi connectivity index (χ1n) is 8.29. The molecule has 27 heavy (non-hydrogen) atoms. The Bertz CT molecular complexity index is 1060. The quantitative estimate of drug-likeness (QED) is 0.292. The van der Waals surface area contributed by atoms with Crippen LogP contribution in [-0.2, 0) is 9.53 Å². The molecule has 1 heterocycles. The lowest BCUT2D eigenvalue weighted by Crippen LogP contribution is -2.06. The zero-order valence-electron chi connectivity index (χ0n) is 14.1. The number of para-hydroxylation sites is 1. The lowest BCUT2D eigenvalue weighted by molar-refractivity contribution is -0.129. The van der Waals surface area contributed by atoms with Gasteiger partial charge < -0.3 is 9.47 Å². The Labute approximate surface area is 170 Å². The zero-order valence-corrected chi connectivity index (χ0v) is 16.3. The predicted octanol–water partition coefficient (Wildman–Crippen LogP) is 5.43. The van der Waals surface area contributed by atoms with Crippen molar-refractivity contribution in [3.63, 3.8) is 0 Å². The van der Waals surface area contributed by atoms with Crippen molar-refractivity contribution in [2.45, 2.75) is 0 Å². The minimum Gasteiger partial charge on any atom is -0.457 e. The predicted molar refractivity (Wildman–Crippen MR) is 113 cm³/mol. The summed E-state index contributed by atoms with van der Waals surface area (Å²) in [6.45, 7) is 0. The van der Waals surface area contributed by atoms with E-state index in [0.717, 1.165) is 20.4 Å². The summed E-state index contributed by atoms with van der Waals surface area (Å²) in [5.41, 5.74) is 1.88. The van der Waals surface area contributed by atoms with E-state index in [4.69, 9.17) is 9.47 Å². The van der Waals surface area contributed by atoms with E-state index >= 15 is 0 Å². The number of halogens is 1. The highest BCUT2D eigenvalue weighted by Gasteiger charge is 2.25. The van der Waals surface area contributed by atoms with Crippen LogP contribution in [0.3, 0.4) is 0 Å². The van der Waals surface area contributed by atoms with Crippen LogP contribution in [0.1, 0.15) is 11.1 Å². The van der Waals surface area contributed by atoms with Crippen molar-refractivity contribution in [2.75, 3.05) is 0 Å². The number of esters is 1. The Morgan fingerprint density at radius 3 is 2.44 bits per heavy atom. The Balaban J connectivity index is 1.61. The molecule has 0 radical (unpaired) electrons. The fourth-order valence-electron chi connectivity index (χ4n) is 2.61. The van der Waals surface area contributed by atoms with Crippen LogP contribution in [0.15, 0.2) is 89.6 Å². The first-order valence-corrected chi connectivity index (χ1v) is 9.37. The molecular formula is C22H14INO3. The fraction of sp³-hybridized carbons (Fsp3) is 0. The summed E-state index contributed by atoms with van der Waals surface area (Å²) in [6, 6.07) is 24.6. The summed E-state index contributed by atoms with van der Waals surface area (Å²) in [5, 5.41) is 0. The van der Waals surface area contributed by atoms with Crippen molar-refractivity contribution >= 4 is 40.5 Å². The molecule has 0 aliphatic carbocycles. The minimum atomic E-state index is -0.459. The van der Waals surface area contributed by atoms with E-state index in [2.05, 4.69) is 27.6 Å². The number of carbonyl (C=O) groups is 1. The molecule has 0 aromatic heterocycles. The second-order valence-electron chi connectivity index (χ2n) is 5.80. The number of benzene rings is 3. The Hall–Kier alpha value is -2.93. The zero-order chi connectivity index (χ0) is 18.6. The summed E-state index contributed by atoms with van der Waals surface area (Å²) in [4.78, 5) is 16.6. The summed E-state index contributed by atoms with van der Waals surface area (Å²) in [7, 11) is 0. The molecule has 4 rings (SSSR count). The molecular weight excluding hydrogens is 453 g/mol.